The number of benzene rings is 1. The van der Waals surface area contributed by atoms with E-state index in [1.807, 2.05) is 0 Å². The first-order valence-electron chi connectivity index (χ1n) is 5.84. The number of aromatic amines is 1. The second-order valence-electron chi connectivity index (χ2n) is 4.45. The number of hydrogen-bond donors (Lipinski definition) is 2. The largest absolute Gasteiger partial charge is 0.368 e. The molecule has 3 N–H and O–H groups in total. The summed E-state index contributed by atoms with van der Waals surface area (Å²) in [5, 5.41) is -0.241. The number of nitrogens with zero attached hydrogens (tertiary/aromatic N) is 3. The van der Waals surface area contributed by atoms with Gasteiger partial charge in [0, 0.05) is 11.8 Å². The number of anilines is 1. The molecule has 0 fully saturated rings. The fourth-order valence-corrected chi connectivity index (χ4v) is 2.65. The number of hydrogen-bond acceptors (Lipinski definition) is 6. The molecule has 0 unspecified atom stereocenters. The number of aromatic nitrogens is 4. The Morgan fingerprint density at radius 3 is 2.43 bits per heavy atom. The van der Waals surface area contributed by atoms with Crippen LogP contribution in [0.2, 0.25) is 0 Å². The topological polar surface area (TPSA) is 115 Å². The van der Waals surface area contributed by atoms with Gasteiger partial charge < -0.3 is 10.7 Å². The zero-order valence-electron chi connectivity index (χ0n) is 10.8. The van der Waals surface area contributed by atoms with Crippen LogP contribution in [0.4, 0.5) is 10.3 Å². The third kappa shape index (κ3) is 2.42. The van der Waals surface area contributed by atoms with Crippen LogP contribution in [0, 0.1) is 5.82 Å². The molecule has 21 heavy (non-hydrogen) atoms. The zero-order chi connectivity index (χ0) is 15.2. The molecule has 0 saturated carbocycles. The predicted octanol–water partition coefficient (Wildman–Crippen LogP) is 1.14. The number of sulfone groups is 1. The van der Waals surface area contributed by atoms with Crippen LogP contribution < -0.4 is 5.73 Å². The molecule has 1 aromatic carbocycles. The monoisotopic (exact) mass is 307 g/mol. The molecule has 0 aliphatic carbocycles. The Balaban J connectivity index is 2.27. The molecule has 0 radical (unpaired) electrons. The van der Waals surface area contributed by atoms with E-state index in [1.54, 1.807) is 0 Å². The van der Waals surface area contributed by atoms with Crippen molar-refractivity contribution in [1.29, 1.82) is 0 Å². The summed E-state index contributed by atoms with van der Waals surface area (Å²) in [5.41, 5.74) is 6.41. The SMILES string of the molecule is CS(=O)(=O)c1nc(N)nc2[nH]c(-c3ccc(F)cc3)nc12. The third-order valence-corrected chi connectivity index (χ3v) is 3.79. The fraction of sp³-hybridized carbons (Fsp3) is 0.0833. The van der Waals surface area contributed by atoms with Crippen LogP contribution in [0.1, 0.15) is 0 Å². The molecule has 2 aromatic heterocycles. The molecule has 2 heterocycles. The first-order chi connectivity index (χ1) is 9.84. The molecule has 0 amide bonds. The van der Waals surface area contributed by atoms with E-state index in [0.29, 0.717) is 11.4 Å². The van der Waals surface area contributed by atoms with Crippen LogP contribution >= 0.6 is 0 Å². The van der Waals surface area contributed by atoms with Crippen LogP contribution in [0.15, 0.2) is 29.3 Å². The molecule has 7 nitrogen and oxygen atoms in total. The number of nitrogens with two attached hydrogens (primary N) is 1. The second kappa shape index (κ2) is 4.48. The van der Waals surface area contributed by atoms with Gasteiger partial charge in [0.15, 0.2) is 20.5 Å². The van der Waals surface area contributed by atoms with Gasteiger partial charge in [0.2, 0.25) is 5.95 Å². The molecular formula is C12H10FN5O2S. The van der Waals surface area contributed by atoms with Crippen LogP contribution in [-0.2, 0) is 9.84 Å². The van der Waals surface area contributed by atoms with Crippen molar-refractivity contribution in [1.82, 2.24) is 19.9 Å². The summed E-state index contributed by atoms with van der Waals surface area (Å²) in [6, 6.07) is 5.59. The van der Waals surface area contributed by atoms with Gasteiger partial charge in [0.25, 0.3) is 0 Å². The maximum Gasteiger partial charge on any atom is 0.223 e. The van der Waals surface area contributed by atoms with Crippen LogP contribution in [-0.4, -0.2) is 34.6 Å². The highest BCUT2D eigenvalue weighted by Gasteiger charge is 2.20. The van der Waals surface area contributed by atoms with Crippen molar-refractivity contribution in [2.45, 2.75) is 5.03 Å². The van der Waals surface area contributed by atoms with E-state index in [4.69, 9.17) is 5.73 Å². The molecule has 9 heteroatoms. The molecule has 3 aromatic rings. The Morgan fingerprint density at radius 1 is 1.14 bits per heavy atom. The third-order valence-electron chi connectivity index (χ3n) is 2.80. The molecule has 3 rings (SSSR count). The second-order valence-corrected chi connectivity index (χ2v) is 6.38. The number of nitrogen functional groups attached to an aromatic ring is 1. The lowest BCUT2D eigenvalue weighted by Crippen LogP contribution is -2.06. The lowest BCUT2D eigenvalue weighted by atomic mass is 10.2. The molecule has 0 aliphatic heterocycles. The Kier molecular flexibility index (Phi) is 2.87. The minimum Gasteiger partial charge on any atom is -0.368 e. The first-order valence-corrected chi connectivity index (χ1v) is 7.73. The summed E-state index contributed by atoms with van der Waals surface area (Å²) in [5.74, 6) is -0.192. The van der Waals surface area contributed by atoms with Gasteiger partial charge in [-0.1, -0.05) is 0 Å². The number of fused-ring (bicyclic) bond motifs is 1. The number of nitrogens with one attached hydrogen (secondary N) is 1. The summed E-state index contributed by atoms with van der Waals surface area (Å²) in [6.45, 7) is 0. The molecule has 0 atom stereocenters. The van der Waals surface area contributed by atoms with Crippen molar-refractivity contribution in [3.63, 3.8) is 0 Å². The van der Waals surface area contributed by atoms with Gasteiger partial charge in [-0.15, -0.1) is 0 Å². The Hall–Kier alpha value is -2.55. The van der Waals surface area contributed by atoms with E-state index in [1.165, 1.54) is 24.3 Å². The molecular weight excluding hydrogens is 297 g/mol. The van der Waals surface area contributed by atoms with E-state index in [2.05, 4.69) is 19.9 Å². The van der Waals surface area contributed by atoms with Crippen molar-refractivity contribution >= 4 is 26.9 Å². The normalized spacial score (nSPS) is 11.9. The fourth-order valence-electron chi connectivity index (χ4n) is 1.89. The first kappa shape index (κ1) is 13.4. The number of halogens is 1. The highest BCUT2D eigenvalue weighted by molar-refractivity contribution is 7.90. The predicted molar refractivity (Wildman–Crippen MR) is 74.6 cm³/mol. The van der Waals surface area contributed by atoms with Crippen LogP contribution in [0.3, 0.4) is 0 Å². The van der Waals surface area contributed by atoms with Crippen molar-refractivity contribution in [2.75, 3.05) is 12.0 Å². The van der Waals surface area contributed by atoms with E-state index in [0.717, 1.165) is 6.26 Å². The number of imidazole rings is 1. The molecule has 0 saturated heterocycles. The molecule has 0 bridgehead atoms. The van der Waals surface area contributed by atoms with Crippen molar-refractivity contribution < 1.29 is 12.8 Å². The van der Waals surface area contributed by atoms with Gasteiger partial charge >= 0.3 is 0 Å². The van der Waals surface area contributed by atoms with E-state index in [9.17, 15) is 12.8 Å². The van der Waals surface area contributed by atoms with Gasteiger partial charge in [-0.05, 0) is 24.3 Å². The smallest absolute Gasteiger partial charge is 0.223 e. The van der Waals surface area contributed by atoms with Gasteiger partial charge in [-0.2, -0.15) is 9.97 Å². The molecule has 0 aliphatic rings. The standard InChI is InChI=1S/C12H10FN5O2S/c1-21(19,20)11-8-10(17-12(14)18-11)16-9(15-8)6-2-4-7(13)5-3-6/h2-5H,1H3,(H3,14,15,16,17,18). The summed E-state index contributed by atoms with van der Waals surface area (Å²) < 4.78 is 36.4. The maximum atomic E-state index is 12.9. The van der Waals surface area contributed by atoms with E-state index >= 15 is 0 Å². The highest BCUT2D eigenvalue weighted by Crippen LogP contribution is 2.24. The summed E-state index contributed by atoms with van der Waals surface area (Å²) >= 11 is 0. The van der Waals surface area contributed by atoms with Crippen molar-refractivity contribution in [3.8, 4) is 11.4 Å². The summed E-state index contributed by atoms with van der Waals surface area (Å²) in [6.07, 6.45) is 1.01. The number of H-pyrrole nitrogens is 1. The lowest BCUT2D eigenvalue weighted by Gasteiger charge is -1.98. The van der Waals surface area contributed by atoms with Gasteiger partial charge in [0.1, 0.15) is 17.2 Å². The quantitative estimate of drug-likeness (QED) is 0.686. The summed E-state index contributed by atoms with van der Waals surface area (Å²) in [7, 11) is -3.60. The van der Waals surface area contributed by atoms with Gasteiger partial charge in [0.05, 0.1) is 0 Å². The van der Waals surface area contributed by atoms with Gasteiger partial charge in [-0.3, -0.25) is 0 Å². The molecule has 0 spiro atoms. The Morgan fingerprint density at radius 2 is 1.81 bits per heavy atom. The Bertz CT molecular complexity index is 934. The minimum atomic E-state index is -3.60. The average molecular weight is 307 g/mol. The zero-order valence-corrected chi connectivity index (χ0v) is 11.6. The molecule has 108 valence electrons. The van der Waals surface area contributed by atoms with Crippen LogP contribution in [0.25, 0.3) is 22.6 Å². The Labute approximate surface area is 119 Å². The number of rotatable bonds is 2. The van der Waals surface area contributed by atoms with Gasteiger partial charge in [-0.25, -0.2) is 17.8 Å². The van der Waals surface area contributed by atoms with E-state index < -0.39 is 9.84 Å². The summed E-state index contributed by atoms with van der Waals surface area (Å²) in [4.78, 5) is 14.7. The lowest BCUT2D eigenvalue weighted by molar-refractivity contribution is 0.599. The highest BCUT2D eigenvalue weighted by atomic mass is 32.2. The van der Waals surface area contributed by atoms with Crippen molar-refractivity contribution in [2.24, 2.45) is 0 Å². The van der Waals surface area contributed by atoms with Crippen LogP contribution in [0.5, 0.6) is 0 Å². The van der Waals surface area contributed by atoms with Crippen molar-refractivity contribution in [3.05, 3.63) is 30.1 Å². The average Bonchev–Trinajstić information content (AvgIpc) is 2.80. The minimum absolute atomic E-state index is 0.103. The van der Waals surface area contributed by atoms with E-state index in [-0.39, 0.29) is 28.0 Å². The maximum absolute atomic E-state index is 12.9.